The highest BCUT2D eigenvalue weighted by atomic mass is 16.4. The molecule has 15 heteroatoms. The number of rotatable bonds is 17. The Balaban J connectivity index is 3.13. The number of carboxylic acids is 2. The summed E-state index contributed by atoms with van der Waals surface area (Å²) in [5, 5.41) is 34.4. The zero-order valence-corrected chi connectivity index (χ0v) is 20.6. The van der Waals surface area contributed by atoms with E-state index in [1.807, 2.05) is 0 Å². The van der Waals surface area contributed by atoms with Gasteiger partial charge in [-0.3, -0.25) is 24.0 Å². The van der Waals surface area contributed by atoms with Gasteiger partial charge in [0.15, 0.2) is 0 Å². The number of phenols is 1. The molecule has 4 unspecified atom stereocenters. The lowest BCUT2D eigenvalue weighted by Crippen LogP contribution is -2.58. The summed E-state index contributed by atoms with van der Waals surface area (Å²) in [5.41, 5.74) is 16.9. The fraction of sp³-hybridized carbons (Fsp3) is 0.478. The molecule has 0 saturated heterocycles. The van der Waals surface area contributed by atoms with Gasteiger partial charge in [0.25, 0.3) is 0 Å². The minimum Gasteiger partial charge on any atom is -0.508 e. The number of benzene rings is 1. The molecular weight excluding hydrogens is 504 g/mol. The van der Waals surface area contributed by atoms with Gasteiger partial charge < -0.3 is 48.5 Å². The molecule has 12 N–H and O–H groups in total. The predicted molar refractivity (Wildman–Crippen MR) is 132 cm³/mol. The molecule has 38 heavy (non-hydrogen) atoms. The van der Waals surface area contributed by atoms with Crippen molar-refractivity contribution in [2.24, 2.45) is 17.2 Å². The van der Waals surface area contributed by atoms with Crippen molar-refractivity contribution < 1.29 is 44.1 Å². The van der Waals surface area contributed by atoms with Crippen LogP contribution in [0, 0.1) is 0 Å². The van der Waals surface area contributed by atoms with E-state index < -0.39 is 72.6 Å². The van der Waals surface area contributed by atoms with E-state index >= 15 is 0 Å². The third-order valence-electron chi connectivity index (χ3n) is 5.35. The number of primary amides is 1. The fourth-order valence-electron chi connectivity index (χ4n) is 3.33. The molecule has 0 fully saturated rings. The van der Waals surface area contributed by atoms with Crippen molar-refractivity contribution in [2.45, 2.75) is 62.7 Å². The first kappa shape index (κ1) is 31.8. The number of carbonyl (C=O) groups excluding carboxylic acids is 4. The van der Waals surface area contributed by atoms with Crippen molar-refractivity contribution >= 4 is 35.6 Å². The summed E-state index contributed by atoms with van der Waals surface area (Å²) in [6, 6.07) is -0.261. The molecule has 0 aliphatic carbocycles. The van der Waals surface area contributed by atoms with Crippen molar-refractivity contribution in [3.05, 3.63) is 29.8 Å². The first-order valence-electron chi connectivity index (χ1n) is 11.7. The first-order valence-corrected chi connectivity index (χ1v) is 11.7. The highest BCUT2D eigenvalue weighted by molar-refractivity contribution is 5.96. The van der Waals surface area contributed by atoms with E-state index in [1.54, 1.807) is 0 Å². The maximum absolute atomic E-state index is 13.0. The number of amides is 4. The van der Waals surface area contributed by atoms with Crippen LogP contribution in [0.2, 0.25) is 0 Å². The van der Waals surface area contributed by atoms with E-state index in [2.05, 4.69) is 16.0 Å². The van der Waals surface area contributed by atoms with E-state index in [0.29, 0.717) is 24.9 Å². The molecule has 210 valence electrons. The molecule has 1 aromatic carbocycles. The molecule has 4 amide bonds. The van der Waals surface area contributed by atoms with E-state index in [4.69, 9.17) is 22.3 Å². The number of nitrogens with one attached hydrogen (secondary N) is 3. The third kappa shape index (κ3) is 11.7. The third-order valence-corrected chi connectivity index (χ3v) is 5.35. The molecule has 0 bridgehead atoms. The zero-order valence-electron chi connectivity index (χ0n) is 20.6. The summed E-state index contributed by atoms with van der Waals surface area (Å²) in [6.45, 7) is 0.404. The van der Waals surface area contributed by atoms with Crippen LogP contribution < -0.4 is 33.2 Å². The summed E-state index contributed by atoms with van der Waals surface area (Å²) in [6.07, 6.45) is -0.332. The number of phenolic OH excluding ortho intramolecular Hbond substituents is 1. The molecule has 0 aliphatic heterocycles. The van der Waals surface area contributed by atoms with Crippen LogP contribution in [-0.4, -0.2) is 81.6 Å². The second-order valence-corrected chi connectivity index (χ2v) is 8.55. The van der Waals surface area contributed by atoms with Crippen molar-refractivity contribution in [3.63, 3.8) is 0 Å². The number of unbranched alkanes of at least 4 members (excludes halogenated alkanes) is 1. The van der Waals surface area contributed by atoms with Crippen molar-refractivity contribution in [2.75, 3.05) is 6.54 Å². The number of carboxylic acid groups (broad SMARTS) is 2. The van der Waals surface area contributed by atoms with E-state index in [-0.39, 0.29) is 18.6 Å². The molecule has 0 spiro atoms. The highest BCUT2D eigenvalue weighted by Gasteiger charge is 2.32. The van der Waals surface area contributed by atoms with Gasteiger partial charge in [0.1, 0.15) is 23.9 Å². The summed E-state index contributed by atoms with van der Waals surface area (Å²) < 4.78 is 0. The average Bonchev–Trinajstić information content (AvgIpc) is 2.83. The molecule has 1 rings (SSSR count). The number of hydrogen-bond donors (Lipinski definition) is 9. The minimum atomic E-state index is -1.80. The lowest BCUT2D eigenvalue weighted by Gasteiger charge is -2.24. The second-order valence-electron chi connectivity index (χ2n) is 8.55. The van der Waals surface area contributed by atoms with Crippen LogP contribution >= 0.6 is 0 Å². The lowest BCUT2D eigenvalue weighted by molar-refractivity contribution is -0.147. The van der Waals surface area contributed by atoms with Crippen molar-refractivity contribution in [1.29, 1.82) is 0 Å². The number of nitrogens with two attached hydrogens (primary N) is 3. The van der Waals surface area contributed by atoms with Gasteiger partial charge in [-0.1, -0.05) is 18.6 Å². The number of aromatic hydroxyl groups is 1. The summed E-state index contributed by atoms with van der Waals surface area (Å²) in [4.78, 5) is 72.4. The Morgan fingerprint density at radius 2 is 1.34 bits per heavy atom. The summed E-state index contributed by atoms with van der Waals surface area (Å²) in [5.74, 6) is -6.87. The maximum atomic E-state index is 13.0. The summed E-state index contributed by atoms with van der Waals surface area (Å²) in [7, 11) is 0. The Bertz CT molecular complexity index is 1000. The lowest BCUT2D eigenvalue weighted by atomic mass is 10.0. The Kier molecular flexibility index (Phi) is 13.2. The Morgan fingerprint density at radius 1 is 0.789 bits per heavy atom. The number of carbonyl (C=O) groups is 6. The van der Waals surface area contributed by atoms with Crippen LogP contribution in [-0.2, 0) is 35.2 Å². The molecule has 0 aliphatic rings. The second kappa shape index (κ2) is 15.8. The molecular formula is C23H34N6O9. The maximum Gasteiger partial charge on any atom is 0.326 e. The predicted octanol–water partition coefficient (Wildman–Crippen LogP) is -2.72. The molecule has 0 heterocycles. The Hall–Kier alpha value is -4.24. The molecule has 15 nitrogen and oxygen atoms in total. The average molecular weight is 539 g/mol. The largest absolute Gasteiger partial charge is 0.508 e. The Morgan fingerprint density at radius 3 is 1.87 bits per heavy atom. The minimum absolute atomic E-state index is 0.0711. The molecule has 0 aromatic heterocycles. The Labute approximate surface area is 218 Å². The normalized spacial score (nSPS) is 13.8. The SMILES string of the molecule is NCCCCC(N)C(=O)NC(CC(N)=O)C(=O)NC(Cc1ccc(O)cc1)C(=O)NC(CC(=O)O)C(=O)O. The highest BCUT2D eigenvalue weighted by Crippen LogP contribution is 2.12. The van der Waals surface area contributed by atoms with Crippen LogP contribution in [0.5, 0.6) is 5.75 Å². The summed E-state index contributed by atoms with van der Waals surface area (Å²) >= 11 is 0. The smallest absolute Gasteiger partial charge is 0.326 e. The standard InChI is InChI=1S/C23H34N6O9/c24-8-2-1-3-14(25)20(34)27-16(10-18(26)31)22(36)28-15(9-12-4-6-13(30)7-5-12)21(35)29-17(23(37)38)11-19(32)33/h4-7,14-17,30H,1-3,8-11,24-25H2,(H2,26,31)(H,27,34)(H,28,36)(H,29,35)(H,32,33)(H,37,38). The van der Waals surface area contributed by atoms with Crippen LogP contribution in [0.3, 0.4) is 0 Å². The first-order chi connectivity index (χ1) is 17.8. The van der Waals surface area contributed by atoms with Crippen molar-refractivity contribution in [1.82, 2.24) is 16.0 Å². The van der Waals surface area contributed by atoms with Gasteiger partial charge in [-0.25, -0.2) is 4.79 Å². The van der Waals surface area contributed by atoms with Gasteiger partial charge in [0.05, 0.1) is 18.9 Å². The van der Waals surface area contributed by atoms with Crippen LogP contribution in [0.25, 0.3) is 0 Å². The van der Waals surface area contributed by atoms with Gasteiger partial charge in [-0.15, -0.1) is 0 Å². The van der Waals surface area contributed by atoms with E-state index in [9.17, 15) is 39.0 Å². The van der Waals surface area contributed by atoms with Gasteiger partial charge in [0, 0.05) is 6.42 Å². The van der Waals surface area contributed by atoms with E-state index in [0.717, 1.165) is 0 Å². The molecule has 4 atom stereocenters. The molecule has 0 saturated carbocycles. The monoisotopic (exact) mass is 538 g/mol. The number of aliphatic carboxylic acids is 2. The van der Waals surface area contributed by atoms with Gasteiger partial charge in [0.2, 0.25) is 23.6 Å². The molecule has 1 aromatic rings. The zero-order chi connectivity index (χ0) is 28.8. The molecule has 0 radical (unpaired) electrons. The topological polar surface area (TPSA) is 277 Å². The van der Waals surface area contributed by atoms with Crippen LogP contribution in [0.15, 0.2) is 24.3 Å². The van der Waals surface area contributed by atoms with Crippen LogP contribution in [0.4, 0.5) is 0 Å². The quantitative estimate of drug-likeness (QED) is 0.0918. The van der Waals surface area contributed by atoms with E-state index in [1.165, 1.54) is 24.3 Å². The van der Waals surface area contributed by atoms with Crippen LogP contribution in [0.1, 0.15) is 37.7 Å². The number of hydrogen-bond acceptors (Lipinski definition) is 9. The van der Waals surface area contributed by atoms with Gasteiger partial charge >= 0.3 is 11.9 Å². The van der Waals surface area contributed by atoms with Gasteiger partial charge in [-0.05, 0) is 37.1 Å². The van der Waals surface area contributed by atoms with Gasteiger partial charge in [-0.2, -0.15) is 0 Å². The fourth-order valence-corrected chi connectivity index (χ4v) is 3.33. The van der Waals surface area contributed by atoms with Crippen molar-refractivity contribution in [3.8, 4) is 5.75 Å².